The van der Waals surface area contributed by atoms with Gasteiger partial charge in [0.1, 0.15) is 0 Å². The van der Waals surface area contributed by atoms with Crippen LogP contribution in [0.2, 0.25) is 0 Å². The van der Waals surface area contributed by atoms with Crippen LogP contribution in [0.1, 0.15) is 31.2 Å². The van der Waals surface area contributed by atoms with Gasteiger partial charge >= 0.3 is 0 Å². The Hall–Kier alpha value is -3.12. The number of amides is 1. The Morgan fingerprint density at radius 1 is 1.10 bits per heavy atom. The summed E-state index contributed by atoms with van der Waals surface area (Å²) in [6.45, 7) is 6.83. The maximum Gasteiger partial charge on any atom is 0.226 e. The molecular weight excluding hydrogens is 376 g/mol. The third-order valence-corrected chi connectivity index (χ3v) is 5.19. The van der Waals surface area contributed by atoms with Gasteiger partial charge in [-0.3, -0.25) is 4.79 Å². The molecule has 2 aromatic carbocycles. The van der Waals surface area contributed by atoms with Crippen LogP contribution in [0.15, 0.2) is 60.7 Å². The molecule has 6 heteroatoms. The maximum atomic E-state index is 12.7. The number of aromatic nitrogens is 2. The molecule has 1 atom stereocenters. The standard InChI is InChI=1S/C24H30N4O2/c1-4-22(29)17-27(20-11-7-5-8-12-20)16-15-23(30)25-24-18(2)26-28(19(24)3)21-13-9-6-10-14-21/h5-14,22,29H,4,15-17H2,1-3H3,(H,25,30). The fraction of sp³-hybridized carbons (Fsp3) is 0.333. The first-order chi connectivity index (χ1) is 14.5. The molecule has 1 aromatic heterocycles. The normalized spacial score (nSPS) is 11.9. The van der Waals surface area contributed by atoms with E-state index in [0.29, 0.717) is 25.9 Å². The summed E-state index contributed by atoms with van der Waals surface area (Å²) in [5.41, 5.74) is 4.40. The summed E-state index contributed by atoms with van der Waals surface area (Å²) >= 11 is 0. The number of anilines is 2. The zero-order valence-corrected chi connectivity index (χ0v) is 17.9. The van der Waals surface area contributed by atoms with Crippen molar-refractivity contribution in [1.29, 1.82) is 0 Å². The van der Waals surface area contributed by atoms with Crippen LogP contribution < -0.4 is 10.2 Å². The Bertz CT molecular complexity index is 954. The van der Waals surface area contributed by atoms with E-state index in [9.17, 15) is 9.90 Å². The van der Waals surface area contributed by atoms with Crippen molar-refractivity contribution in [2.75, 3.05) is 23.3 Å². The number of nitrogens with zero attached hydrogens (tertiary/aromatic N) is 3. The van der Waals surface area contributed by atoms with E-state index in [1.54, 1.807) is 0 Å². The minimum atomic E-state index is -0.429. The van der Waals surface area contributed by atoms with Crippen LogP contribution in [0.4, 0.5) is 11.4 Å². The number of carbonyl (C=O) groups is 1. The lowest BCUT2D eigenvalue weighted by molar-refractivity contribution is -0.116. The predicted octanol–water partition coefficient (Wildman–Crippen LogP) is 4.10. The van der Waals surface area contributed by atoms with Crippen molar-refractivity contribution in [1.82, 2.24) is 9.78 Å². The molecule has 0 bridgehead atoms. The second kappa shape index (κ2) is 10.1. The van der Waals surface area contributed by atoms with Crippen LogP contribution in [0.3, 0.4) is 0 Å². The number of benzene rings is 2. The topological polar surface area (TPSA) is 70.4 Å². The summed E-state index contributed by atoms with van der Waals surface area (Å²) in [6.07, 6.45) is 0.565. The average molecular weight is 407 g/mol. The second-order valence-electron chi connectivity index (χ2n) is 7.43. The summed E-state index contributed by atoms with van der Waals surface area (Å²) in [5, 5.41) is 17.7. The van der Waals surface area contributed by atoms with E-state index in [2.05, 4.69) is 15.3 Å². The molecule has 158 valence electrons. The van der Waals surface area contributed by atoms with Gasteiger partial charge in [-0.15, -0.1) is 0 Å². The van der Waals surface area contributed by atoms with Crippen molar-refractivity contribution in [3.05, 3.63) is 72.1 Å². The lowest BCUT2D eigenvalue weighted by atomic mass is 10.2. The molecule has 0 saturated carbocycles. The highest BCUT2D eigenvalue weighted by molar-refractivity contribution is 5.92. The monoisotopic (exact) mass is 406 g/mol. The quantitative estimate of drug-likeness (QED) is 0.561. The summed E-state index contributed by atoms with van der Waals surface area (Å²) in [5.74, 6) is -0.0688. The number of carbonyl (C=O) groups excluding carboxylic acids is 1. The van der Waals surface area contributed by atoms with E-state index >= 15 is 0 Å². The van der Waals surface area contributed by atoms with Crippen LogP contribution in [0.5, 0.6) is 0 Å². The van der Waals surface area contributed by atoms with Crippen LogP contribution in [-0.4, -0.2) is 40.0 Å². The zero-order chi connectivity index (χ0) is 21.5. The molecule has 30 heavy (non-hydrogen) atoms. The first-order valence-corrected chi connectivity index (χ1v) is 10.4. The minimum Gasteiger partial charge on any atom is -0.391 e. The van der Waals surface area contributed by atoms with Gasteiger partial charge in [0.25, 0.3) is 0 Å². The molecule has 6 nitrogen and oxygen atoms in total. The van der Waals surface area contributed by atoms with Gasteiger partial charge in [-0.25, -0.2) is 4.68 Å². The van der Waals surface area contributed by atoms with E-state index in [-0.39, 0.29) is 5.91 Å². The lowest BCUT2D eigenvalue weighted by Gasteiger charge is -2.27. The molecule has 1 unspecified atom stereocenters. The molecular formula is C24H30N4O2. The van der Waals surface area contributed by atoms with Crippen LogP contribution in [-0.2, 0) is 4.79 Å². The molecule has 0 fully saturated rings. The minimum absolute atomic E-state index is 0.0688. The summed E-state index contributed by atoms with van der Waals surface area (Å²) in [6, 6.07) is 19.8. The van der Waals surface area contributed by atoms with Gasteiger partial charge in [0.05, 0.1) is 28.9 Å². The predicted molar refractivity (Wildman–Crippen MR) is 121 cm³/mol. The number of aliphatic hydroxyl groups excluding tert-OH is 1. The third-order valence-electron chi connectivity index (χ3n) is 5.19. The summed E-state index contributed by atoms with van der Waals surface area (Å²) in [7, 11) is 0. The van der Waals surface area contributed by atoms with Gasteiger partial charge < -0.3 is 15.3 Å². The zero-order valence-electron chi connectivity index (χ0n) is 17.9. The number of rotatable bonds is 9. The fourth-order valence-electron chi connectivity index (χ4n) is 3.43. The molecule has 3 aromatic rings. The summed E-state index contributed by atoms with van der Waals surface area (Å²) < 4.78 is 1.85. The molecule has 0 aliphatic rings. The Labute approximate surface area is 178 Å². The van der Waals surface area contributed by atoms with Crippen molar-refractivity contribution >= 4 is 17.3 Å². The van der Waals surface area contributed by atoms with Gasteiger partial charge in [-0.05, 0) is 44.5 Å². The molecule has 1 amide bonds. The van der Waals surface area contributed by atoms with E-state index in [0.717, 1.165) is 28.5 Å². The van der Waals surface area contributed by atoms with Crippen LogP contribution in [0.25, 0.3) is 5.69 Å². The average Bonchev–Trinajstić information content (AvgIpc) is 3.05. The van der Waals surface area contributed by atoms with E-state index in [4.69, 9.17) is 0 Å². The van der Waals surface area contributed by atoms with Gasteiger partial charge in [0, 0.05) is 25.2 Å². The van der Waals surface area contributed by atoms with Crippen molar-refractivity contribution in [2.45, 2.75) is 39.7 Å². The highest BCUT2D eigenvalue weighted by atomic mass is 16.3. The number of aryl methyl sites for hydroxylation is 1. The first-order valence-electron chi connectivity index (χ1n) is 10.4. The number of hydrogen-bond donors (Lipinski definition) is 2. The second-order valence-corrected chi connectivity index (χ2v) is 7.43. The van der Waals surface area contributed by atoms with Crippen LogP contribution in [0, 0.1) is 13.8 Å². The van der Waals surface area contributed by atoms with E-state index < -0.39 is 6.10 Å². The lowest BCUT2D eigenvalue weighted by Crippen LogP contribution is -2.34. The number of aliphatic hydroxyl groups is 1. The van der Waals surface area contributed by atoms with Crippen molar-refractivity contribution < 1.29 is 9.90 Å². The van der Waals surface area contributed by atoms with Crippen molar-refractivity contribution in [3.8, 4) is 5.69 Å². The first kappa shape index (κ1) is 21.6. The van der Waals surface area contributed by atoms with Gasteiger partial charge in [0.15, 0.2) is 0 Å². The highest BCUT2D eigenvalue weighted by Crippen LogP contribution is 2.23. The molecule has 0 radical (unpaired) electrons. The highest BCUT2D eigenvalue weighted by Gasteiger charge is 2.17. The molecule has 0 saturated heterocycles. The van der Waals surface area contributed by atoms with E-state index in [1.165, 1.54) is 0 Å². The molecule has 1 heterocycles. The third kappa shape index (κ3) is 5.27. The molecule has 0 aliphatic carbocycles. The Balaban J connectivity index is 1.68. The van der Waals surface area contributed by atoms with Crippen LogP contribution >= 0.6 is 0 Å². The van der Waals surface area contributed by atoms with Gasteiger partial charge in [-0.2, -0.15) is 5.10 Å². The smallest absolute Gasteiger partial charge is 0.226 e. The summed E-state index contributed by atoms with van der Waals surface area (Å²) in [4.78, 5) is 14.8. The molecule has 3 rings (SSSR count). The maximum absolute atomic E-state index is 12.7. The molecule has 0 spiro atoms. The largest absolute Gasteiger partial charge is 0.391 e. The van der Waals surface area contributed by atoms with Crippen molar-refractivity contribution in [2.24, 2.45) is 0 Å². The van der Waals surface area contributed by atoms with Crippen molar-refractivity contribution in [3.63, 3.8) is 0 Å². The number of para-hydroxylation sites is 2. The Morgan fingerprint density at radius 3 is 2.37 bits per heavy atom. The number of hydrogen-bond acceptors (Lipinski definition) is 4. The Morgan fingerprint density at radius 2 is 1.73 bits per heavy atom. The number of nitrogens with one attached hydrogen (secondary N) is 1. The Kier molecular flexibility index (Phi) is 7.25. The molecule has 2 N–H and O–H groups in total. The molecule has 0 aliphatic heterocycles. The van der Waals surface area contributed by atoms with E-state index in [1.807, 2.05) is 86.1 Å². The van der Waals surface area contributed by atoms with Gasteiger partial charge in [0.2, 0.25) is 5.91 Å². The van der Waals surface area contributed by atoms with Gasteiger partial charge in [-0.1, -0.05) is 43.3 Å². The SMILES string of the molecule is CCC(O)CN(CCC(=O)Nc1c(C)nn(-c2ccccc2)c1C)c1ccccc1. The fourth-order valence-corrected chi connectivity index (χ4v) is 3.43.